The van der Waals surface area contributed by atoms with Crippen LogP contribution >= 0.6 is 0 Å². The summed E-state index contributed by atoms with van der Waals surface area (Å²) in [6, 6.07) is 12.4. The van der Waals surface area contributed by atoms with Gasteiger partial charge >= 0.3 is 0 Å². The summed E-state index contributed by atoms with van der Waals surface area (Å²) >= 11 is 0. The normalized spacial score (nSPS) is 16.5. The Morgan fingerprint density at radius 2 is 0.933 bits per heavy atom. The fourth-order valence-electron chi connectivity index (χ4n) is 6.13. The van der Waals surface area contributed by atoms with Crippen molar-refractivity contribution in [2.75, 3.05) is 0 Å². The molecule has 0 aliphatic carbocycles. The maximum absolute atomic E-state index is 9.89. The monoisotopic (exact) mass is 588 g/mol. The van der Waals surface area contributed by atoms with E-state index in [9.17, 15) is 4.11 Å². The minimum atomic E-state index is -0.703. The Kier molecular flexibility index (Phi) is 3.28. The summed E-state index contributed by atoms with van der Waals surface area (Å²) in [6.45, 7) is 0. The van der Waals surface area contributed by atoms with Crippen molar-refractivity contribution in [3.8, 4) is 44.5 Å². The third-order valence-electron chi connectivity index (χ3n) is 7.97. The van der Waals surface area contributed by atoms with Gasteiger partial charge in [-0.3, -0.25) is 0 Å². The number of rotatable bonds is 4. The van der Waals surface area contributed by atoms with Gasteiger partial charge in [0.2, 0.25) is 0 Å². The third kappa shape index (κ3) is 4.09. The number of hydrogen-bond donors (Lipinski definition) is 0. The van der Waals surface area contributed by atoms with Crippen molar-refractivity contribution in [1.29, 1.82) is 0 Å². The lowest BCUT2D eigenvalue weighted by Crippen LogP contribution is -1.92. The minimum Gasteiger partial charge on any atom is -0.456 e. The maximum Gasteiger partial charge on any atom is 0.136 e. The molecule has 1 nitrogen and oxygen atoms in total. The van der Waals surface area contributed by atoms with Crippen LogP contribution in [0.25, 0.3) is 88.0 Å². The molecule has 1 heterocycles. The molecule has 0 saturated carbocycles. The van der Waals surface area contributed by atoms with E-state index in [0.29, 0.717) is 43.8 Å². The van der Waals surface area contributed by atoms with Crippen molar-refractivity contribution in [3.63, 3.8) is 0 Å². The molecular formula is C44H28O. The van der Waals surface area contributed by atoms with Crippen LogP contribution in [0.4, 0.5) is 0 Å². The quantitative estimate of drug-likeness (QED) is 0.186. The van der Waals surface area contributed by atoms with Gasteiger partial charge in [0, 0.05) is 10.8 Å². The zero-order chi connectivity index (χ0) is 43.7. The molecule has 0 unspecified atom stereocenters. The Balaban J connectivity index is 1.45. The van der Waals surface area contributed by atoms with Crippen molar-refractivity contribution >= 4 is 43.5 Å². The van der Waals surface area contributed by atoms with Crippen molar-refractivity contribution in [2.24, 2.45) is 0 Å². The van der Waals surface area contributed by atoms with Crippen LogP contribution in [0.5, 0.6) is 0 Å². The van der Waals surface area contributed by atoms with E-state index in [1.54, 1.807) is 60.7 Å². The van der Waals surface area contributed by atoms with Gasteiger partial charge in [0.1, 0.15) is 11.2 Å². The molecule has 45 heavy (non-hydrogen) atoms. The molecule has 0 N–H and O–H groups in total. The first kappa shape index (κ1) is 14.2. The molecule has 0 fully saturated rings. The molecule has 1 heteroatoms. The Labute approximate surface area is 284 Å². The second-order valence-electron chi connectivity index (χ2n) is 10.4. The van der Waals surface area contributed by atoms with E-state index in [2.05, 4.69) is 0 Å². The highest BCUT2D eigenvalue weighted by molar-refractivity contribution is 6.23. The van der Waals surface area contributed by atoms with Crippen LogP contribution in [-0.4, -0.2) is 0 Å². The van der Waals surface area contributed by atoms with E-state index >= 15 is 0 Å². The summed E-state index contributed by atoms with van der Waals surface area (Å²) in [7, 11) is 0. The molecule has 9 rings (SSSR count). The Hall–Kier alpha value is -5.92. The molecule has 0 aliphatic heterocycles. The van der Waals surface area contributed by atoms with E-state index < -0.39 is 84.1 Å². The standard InChI is InChI=1S/C44H28O/c1-3-14-29(15-4-1)32-18-7-8-19-34(32)43-37-22-11-9-20-35(37)42(36-21-10-12-23-38(36)43)31-26-27-40-39(28-31)44-33(24-13-25-41(44)45-40)30-16-5-2-6-17-30/h1-28H/i1D,2D,3D,4D,5D,6D,13D,14D,15D,16D,17D,24D,25D,26D,27D,28D. The van der Waals surface area contributed by atoms with Gasteiger partial charge in [-0.1, -0.05) is 151 Å². The molecule has 1 aromatic heterocycles. The lowest BCUT2D eigenvalue weighted by molar-refractivity contribution is 0.669. The predicted molar refractivity (Wildman–Crippen MR) is 190 cm³/mol. The predicted octanol–water partition coefficient (Wildman–Crippen LogP) is 12.6. The molecule has 9 aromatic rings. The molecular weight excluding hydrogens is 544 g/mol. The summed E-state index contributed by atoms with van der Waals surface area (Å²) in [4.78, 5) is 0. The van der Waals surface area contributed by atoms with Crippen molar-refractivity contribution in [2.45, 2.75) is 0 Å². The van der Waals surface area contributed by atoms with Gasteiger partial charge in [0.05, 0.1) is 21.9 Å². The van der Waals surface area contributed by atoms with Crippen LogP contribution < -0.4 is 0 Å². The number of fused-ring (bicyclic) bond motifs is 5. The van der Waals surface area contributed by atoms with Gasteiger partial charge in [-0.05, 0) is 84.2 Å². The van der Waals surface area contributed by atoms with Crippen LogP contribution in [0, 0.1) is 0 Å². The molecule has 0 spiro atoms. The summed E-state index contributed by atoms with van der Waals surface area (Å²) < 4.78 is 146. The van der Waals surface area contributed by atoms with E-state index in [4.69, 9.17) is 22.2 Å². The molecule has 0 saturated heterocycles. The second-order valence-corrected chi connectivity index (χ2v) is 10.4. The molecule has 0 amide bonds. The number of benzene rings is 8. The van der Waals surface area contributed by atoms with Crippen molar-refractivity contribution in [3.05, 3.63) is 169 Å². The van der Waals surface area contributed by atoms with Crippen LogP contribution in [0.1, 0.15) is 21.9 Å². The van der Waals surface area contributed by atoms with Crippen LogP contribution in [0.15, 0.2) is 174 Å². The van der Waals surface area contributed by atoms with Gasteiger partial charge in [-0.2, -0.15) is 0 Å². The number of hydrogen-bond acceptors (Lipinski definition) is 1. The highest BCUT2D eigenvalue weighted by atomic mass is 16.3. The zero-order valence-electron chi connectivity index (χ0n) is 39.3. The summed E-state index contributed by atoms with van der Waals surface area (Å²) in [5.41, 5.74) is 0.378. The van der Waals surface area contributed by atoms with Gasteiger partial charge < -0.3 is 4.42 Å². The fourth-order valence-corrected chi connectivity index (χ4v) is 6.13. The van der Waals surface area contributed by atoms with E-state index in [0.717, 1.165) is 0 Å². The summed E-state index contributed by atoms with van der Waals surface area (Å²) in [5, 5.41) is 1.89. The van der Waals surface area contributed by atoms with Gasteiger partial charge in [-0.15, -0.1) is 0 Å². The number of furan rings is 1. The molecule has 210 valence electrons. The van der Waals surface area contributed by atoms with Crippen LogP contribution in [0.2, 0.25) is 0 Å². The average Bonchev–Trinajstić information content (AvgIpc) is 3.67. The van der Waals surface area contributed by atoms with Gasteiger partial charge in [-0.25, -0.2) is 0 Å². The fraction of sp³-hybridized carbons (Fsp3) is 0. The average molecular weight is 589 g/mol. The Bertz CT molecular complexity index is 3330. The first-order valence-electron chi connectivity index (χ1n) is 22.1. The molecule has 0 atom stereocenters. The third-order valence-corrected chi connectivity index (χ3v) is 7.97. The smallest absolute Gasteiger partial charge is 0.136 e. The SMILES string of the molecule is [2H]c1c([2H])c([2H])c(-c2ccccc2-c2c3ccccc3c(-c3c([2H])c([2H])c4oc5c([2H])c([2H])c([2H])c(-c6c([2H])c([2H])c([2H])c([2H])c6[2H])c5c4c3[2H])c3ccccc23)c([2H])c1[2H]. The summed E-state index contributed by atoms with van der Waals surface area (Å²) in [6.07, 6.45) is 0. The molecule has 0 radical (unpaired) electrons. The van der Waals surface area contributed by atoms with Crippen molar-refractivity contribution in [1.82, 2.24) is 0 Å². The first-order valence-corrected chi connectivity index (χ1v) is 14.1. The van der Waals surface area contributed by atoms with E-state index in [1.807, 2.05) is 12.1 Å². The highest BCUT2D eigenvalue weighted by Crippen LogP contribution is 2.47. The lowest BCUT2D eigenvalue weighted by atomic mass is 9.83. The highest BCUT2D eigenvalue weighted by Gasteiger charge is 2.20. The molecule has 8 aromatic carbocycles. The second kappa shape index (κ2) is 10.4. The largest absolute Gasteiger partial charge is 0.456 e. The van der Waals surface area contributed by atoms with Gasteiger partial charge in [0.25, 0.3) is 0 Å². The minimum absolute atomic E-state index is 0.00476. The zero-order valence-corrected chi connectivity index (χ0v) is 23.3. The lowest BCUT2D eigenvalue weighted by Gasteiger charge is -2.19. The van der Waals surface area contributed by atoms with E-state index in [1.165, 1.54) is 0 Å². The van der Waals surface area contributed by atoms with Crippen molar-refractivity contribution < 1.29 is 26.3 Å². The molecule has 0 aliphatic rings. The molecule has 0 bridgehead atoms. The Morgan fingerprint density at radius 3 is 1.58 bits per heavy atom. The topological polar surface area (TPSA) is 13.1 Å². The van der Waals surface area contributed by atoms with Crippen LogP contribution in [0.3, 0.4) is 0 Å². The van der Waals surface area contributed by atoms with Crippen LogP contribution in [-0.2, 0) is 0 Å². The van der Waals surface area contributed by atoms with E-state index in [-0.39, 0.29) is 56.8 Å². The Morgan fingerprint density at radius 1 is 0.378 bits per heavy atom. The first-order chi connectivity index (χ1) is 29.0. The maximum atomic E-state index is 9.89. The summed E-state index contributed by atoms with van der Waals surface area (Å²) in [5.74, 6) is 0. The van der Waals surface area contributed by atoms with Gasteiger partial charge in [0.15, 0.2) is 0 Å².